The largest absolute Gasteiger partial charge is 0.444 e. The molecular formula is C21H27F3N4O3. The van der Waals surface area contributed by atoms with E-state index in [0.717, 1.165) is 25.1 Å². The number of rotatable bonds is 2. The molecule has 0 radical (unpaired) electrons. The van der Waals surface area contributed by atoms with Gasteiger partial charge in [-0.05, 0) is 45.1 Å². The van der Waals surface area contributed by atoms with E-state index in [-0.39, 0.29) is 30.1 Å². The standard InChI is InChI=1S/C21H27F3N4O3/c1-19(2,3)31-18(30)26-7-8-27-15(11-26)17(29)28(12-20(4)5-6-20)14-9-13(21(22,23)24)10-25-16(14)27/h9-10,15H,5-8,11-12H2,1-4H3/t15-/m1/s1. The van der Waals surface area contributed by atoms with Crippen LogP contribution in [0.15, 0.2) is 12.3 Å². The van der Waals surface area contributed by atoms with E-state index in [2.05, 4.69) is 4.98 Å². The number of hydrogen-bond acceptors (Lipinski definition) is 5. The molecule has 1 aromatic heterocycles. The lowest BCUT2D eigenvalue weighted by atomic mass is 10.0. The van der Waals surface area contributed by atoms with Gasteiger partial charge in [-0.1, -0.05) is 6.92 Å². The Kier molecular flexibility index (Phi) is 4.90. The zero-order chi connectivity index (χ0) is 22.8. The molecule has 7 nitrogen and oxygen atoms in total. The molecule has 4 rings (SSSR count). The SMILES string of the molecule is CC1(CN2C(=O)[C@H]3CN(C(=O)OC(C)(C)C)CCN3c3ncc(C(F)(F)F)cc32)CC1. The van der Waals surface area contributed by atoms with Gasteiger partial charge in [0.05, 0.1) is 17.8 Å². The summed E-state index contributed by atoms with van der Waals surface area (Å²) in [6.07, 6.45) is -2.42. The van der Waals surface area contributed by atoms with Crippen LogP contribution in [0, 0.1) is 5.41 Å². The molecule has 0 N–H and O–H groups in total. The third kappa shape index (κ3) is 4.29. The number of anilines is 2. The van der Waals surface area contributed by atoms with E-state index in [9.17, 15) is 22.8 Å². The maximum atomic E-state index is 13.4. The summed E-state index contributed by atoms with van der Waals surface area (Å²) >= 11 is 0. The van der Waals surface area contributed by atoms with Crippen LogP contribution in [0.2, 0.25) is 0 Å². The first-order valence-electron chi connectivity index (χ1n) is 10.4. The summed E-state index contributed by atoms with van der Waals surface area (Å²) in [6, 6.07) is 0.308. The Morgan fingerprint density at radius 1 is 1.26 bits per heavy atom. The van der Waals surface area contributed by atoms with Crippen LogP contribution in [0.1, 0.15) is 46.1 Å². The summed E-state index contributed by atoms with van der Waals surface area (Å²) < 4.78 is 45.4. The number of carbonyl (C=O) groups excluding carboxylic acids is 2. The van der Waals surface area contributed by atoms with Gasteiger partial charge in [-0.2, -0.15) is 13.2 Å². The van der Waals surface area contributed by atoms with Crippen molar-refractivity contribution in [3.63, 3.8) is 0 Å². The Morgan fingerprint density at radius 2 is 1.94 bits per heavy atom. The average molecular weight is 440 g/mol. The van der Waals surface area contributed by atoms with Crippen molar-refractivity contribution >= 4 is 23.5 Å². The minimum absolute atomic E-state index is 0.100. The Bertz CT molecular complexity index is 908. The van der Waals surface area contributed by atoms with Crippen LogP contribution < -0.4 is 9.80 Å². The third-order valence-corrected chi connectivity index (χ3v) is 5.96. The van der Waals surface area contributed by atoms with Crippen molar-refractivity contribution in [1.82, 2.24) is 9.88 Å². The van der Waals surface area contributed by atoms with E-state index >= 15 is 0 Å². The first-order chi connectivity index (χ1) is 14.3. The molecule has 0 unspecified atom stereocenters. The van der Waals surface area contributed by atoms with Crippen molar-refractivity contribution in [2.75, 3.05) is 36.0 Å². The normalized spacial score (nSPS) is 22.7. The van der Waals surface area contributed by atoms with Gasteiger partial charge in [0.2, 0.25) is 0 Å². The highest BCUT2D eigenvalue weighted by Gasteiger charge is 2.48. The quantitative estimate of drug-likeness (QED) is 0.702. The van der Waals surface area contributed by atoms with E-state index in [1.807, 2.05) is 6.92 Å². The fraction of sp³-hybridized carbons (Fsp3) is 0.667. The highest BCUT2D eigenvalue weighted by molar-refractivity contribution is 6.05. The van der Waals surface area contributed by atoms with E-state index in [1.54, 1.807) is 25.7 Å². The summed E-state index contributed by atoms with van der Waals surface area (Å²) in [7, 11) is 0. The van der Waals surface area contributed by atoms with Crippen molar-refractivity contribution in [1.29, 1.82) is 0 Å². The molecule has 0 bridgehead atoms. The van der Waals surface area contributed by atoms with Gasteiger partial charge in [0.25, 0.3) is 5.91 Å². The van der Waals surface area contributed by atoms with Gasteiger partial charge in [0.15, 0.2) is 5.82 Å². The van der Waals surface area contributed by atoms with Crippen LogP contribution in [0.25, 0.3) is 0 Å². The topological polar surface area (TPSA) is 66.0 Å². The van der Waals surface area contributed by atoms with Crippen molar-refractivity contribution < 1.29 is 27.5 Å². The number of aromatic nitrogens is 1. The molecule has 3 heterocycles. The average Bonchev–Trinajstić information content (AvgIpc) is 3.39. The molecule has 2 aliphatic heterocycles. The maximum absolute atomic E-state index is 13.4. The number of fused-ring (bicyclic) bond motifs is 3. The van der Waals surface area contributed by atoms with Crippen LogP contribution in [-0.4, -0.2) is 59.7 Å². The van der Waals surface area contributed by atoms with Crippen molar-refractivity contribution in [3.8, 4) is 0 Å². The number of halogens is 3. The van der Waals surface area contributed by atoms with Crippen molar-refractivity contribution in [3.05, 3.63) is 17.8 Å². The summed E-state index contributed by atoms with van der Waals surface area (Å²) in [5, 5.41) is 0. The lowest BCUT2D eigenvalue weighted by molar-refractivity contribution is -0.138. The van der Waals surface area contributed by atoms with Crippen LogP contribution in [-0.2, 0) is 15.7 Å². The number of pyridine rings is 1. The zero-order valence-electron chi connectivity index (χ0n) is 18.1. The fourth-order valence-electron chi connectivity index (χ4n) is 3.98. The number of alkyl halides is 3. The number of hydrogen-bond donors (Lipinski definition) is 0. The van der Waals surface area contributed by atoms with E-state index in [4.69, 9.17) is 4.74 Å². The monoisotopic (exact) mass is 440 g/mol. The van der Waals surface area contributed by atoms with Crippen molar-refractivity contribution in [2.24, 2.45) is 5.41 Å². The Morgan fingerprint density at radius 3 is 2.52 bits per heavy atom. The Balaban J connectivity index is 1.67. The minimum atomic E-state index is -4.55. The lowest BCUT2D eigenvalue weighted by Gasteiger charge is -2.47. The predicted molar refractivity (Wildman–Crippen MR) is 108 cm³/mol. The van der Waals surface area contributed by atoms with Gasteiger partial charge in [-0.15, -0.1) is 0 Å². The molecule has 3 aliphatic rings. The van der Waals surface area contributed by atoms with Gasteiger partial charge >= 0.3 is 12.3 Å². The molecule has 1 saturated carbocycles. The van der Waals surface area contributed by atoms with Crippen LogP contribution in [0.5, 0.6) is 0 Å². The first-order valence-corrected chi connectivity index (χ1v) is 10.4. The van der Waals surface area contributed by atoms with E-state index in [0.29, 0.717) is 18.9 Å². The summed E-state index contributed by atoms with van der Waals surface area (Å²) in [5.74, 6) is 0.0423. The Labute approximate surface area is 179 Å². The van der Waals surface area contributed by atoms with Gasteiger partial charge in [0.1, 0.15) is 11.6 Å². The highest BCUT2D eigenvalue weighted by Crippen LogP contribution is 2.48. The number of amides is 2. The molecule has 1 aromatic rings. The molecule has 2 fully saturated rings. The summed E-state index contributed by atoms with van der Waals surface area (Å²) in [6.45, 7) is 8.32. The number of piperazine rings is 1. The molecule has 2 amide bonds. The first kappa shape index (κ1) is 21.7. The molecular weight excluding hydrogens is 413 g/mol. The lowest BCUT2D eigenvalue weighted by Crippen LogP contribution is -2.64. The second-order valence-corrected chi connectivity index (χ2v) is 9.94. The molecule has 1 saturated heterocycles. The fourth-order valence-corrected chi connectivity index (χ4v) is 3.98. The van der Waals surface area contributed by atoms with Crippen LogP contribution in [0.4, 0.5) is 29.5 Å². The molecule has 1 aliphatic carbocycles. The molecule has 0 spiro atoms. The zero-order valence-corrected chi connectivity index (χ0v) is 18.1. The van der Waals surface area contributed by atoms with Crippen molar-refractivity contribution in [2.45, 2.75) is 58.4 Å². The predicted octanol–water partition coefficient (Wildman–Crippen LogP) is 3.67. The molecule has 31 heavy (non-hydrogen) atoms. The second-order valence-electron chi connectivity index (χ2n) is 9.94. The molecule has 170 valence electrons. The second kappa shape index (κ2) is 7.00. The van der Waals surface area contributed by atoms with Gasteiger partial charge in [0, 0.05) is 25.8 Å². The Hall–Kier alpha value is -2.52. The smallest absolute Gasteiger partial charge is 0.417 e. The number of carbonyl (C=O) groups is 2. The number of ether oxygens (including phenoxy) is 1. The summed E-state index contributed by atoms with van der Waals surface area (Å²) in [4.78, 5) is 34.7. The molecule has 1 atom stereocenters. The number of nitrogens with zero attached hydrogens (tertiary/aromatic N) is 4. The van der Waals surface area contributed by atoms with Gasteiger partial charge in [-0.25, -0.2) is 9.78 Å². The summed E-state index contributed by atoms with van der Waals surface area (Å²) in [5.41, 5.74) is -1.46. The van der Waals surface area contributed by atoms with Gasteiger partial charge in [-0.3, -0.25) is 4.79 Å². The maximum Gasteiger partial charge on any atom is 0.417 e. The van der Waals surface area contributed by atoms with E-state index in [1.165, 1.54) is 9.80 Å². The highest BCUT2D eigenvalue weighted by atomic mass is 19.4. The molecule has 10 heteroatoms. The minimum Gasteiger partial charge on any atom is -0.444 e. The van der Waals surface area contributed by atoms with Gasteiger partial charge < -0.3 is 19.4 Å². The third-order valence-electron chi connectivity index (χ3n) is 5.96. The molecule has 0 aromatic carbocycles. The van der Waals surface area contributed by atoms with E-state index < -0.39 is 29.5 Å². The van der Waals surface area contributed by atoms with Crippen LogP contribution in [0.3, 0.4) is 0 Å². The van der Waals surface area contributed by atoms with Crippen LogP contribution >= 0.6 is 0 Å².